The fourth-order valence-electron chi connectivity index (χ4n) is 5.00. The number of nitrogens with one attached hydrogen (secondary N) is 2. The number of likely N-dealkylation sites (N-methyl/N-ethyl adjacent to an activating group) is 1. The van der Waals surface area contributed by atoms with Crippen molar-refractivity contribution in [1.29, 1.82) is 0 Å². The third-order valence-corrected chi connectivity index (χ3v) is 6.83. The first-order valence-corrected chi connectivity index (χ1v) is 11.0. The molecule has 27 heavy (non-hydrogen) atoms. The number of guanidine groups is 1. The molecule has 0 aromatic carbocycles. The van der Waals surface area contributed by atoms with Gasteiger partial charge in [-0.1, -0.05) is 25.7 Å². The maximum absolute atomic E-state index is 12.0. The molecule has 0 aromatic heterocycles. The zero-order chi connectivity index (χ0) is 19.2. The number of piperidine rings is 2. The van der Waals surface area contributed by atoms with Crippen LogP contribution in [0.4, 0.5) is 0 Å². The predicted octanol–water partition coefficient (Wildman–Crippen LogP) is 2.21. The second-order valence-electron chi connectivity index (χ2n) is 9.05. The largest absolute Gasteiger partial charge is 0.356 e. The average molecular weight is 378 g/mol. The van der Waals surface area contributed by atoms with Crippen LogP contribution in [0.2, 0.25) is 0 Å². The highest BCUT2D eigenvalue weighted by molar-refractivity contribution is 5.84. The van der Waals surface area contributed by atoms with Crippen molar-refractivity contribution in [2.24, 2.45) is 10.9 Å². The van der Waals surface area contributed by atoms with E-state index in [2.05, 4.69) is 27.6 Å². The molecule has 1 aliphatic carbocycles. The number of rotatable bonds is 5. The summed E-state index contributed by atoms with van der Waals surface area (Å²) in [6.07, 6.45) is 13.1. The molecule has 2 heterocycles. The monoisotopic (exact) mass is 377 g/mol. The van der Waals surface area contributed by atoms with Crippen LogP contribution in [-0.2, 0) is 4.79 Å². The third-order valence-electron chi connectivity index (χ3n) is 6.83. The molecule has 6 nitrogen and oxygen atoms in total. The van der Waals surface area contributed by atoms with E-state index in [-0.39, 0.29) is 12.5 Å². The van der Waals surface area contributed by atoms with E-state index in [4.69, 9.17) is 0 Å². The SMILES string of the molecule is CN(C)C(=O)CN=C(NCC1CCCCC1)NC1CC2CCCC(C1)N2C. The number of carbonyl (C=O) groups is 1. The summed E-state index contributed by atoms with van der Waals surface area (Å²) in [5.74, 6) is 1.63. The highest BCUT2D eigenvalue weighted by Gasteiger charge is 2.36. The molecule has 2 bridgehead atoms. The molecule has 0 radical (unpaired) electrons. The summed E-state index contributed by atoms with van der Waals surface area (Å²) in [5.41, 5.74) is 0. The molecule has 154 valence electrons. The lowest BCUT2D eigenvalue weighted by atomic mass is 9.82. The first-order chi connectivity index (χ1) is 13.0. The van der Waals surface area contributed by atoms with Crippen LogP contribution >= 0.6 is 0 Å². The van der Waals surface area contributed by atoms with Gasteiger partial charge >= 0.3 is 0 Å². The van der Waals surface area contributed by atoms with Gasteiger partial charge in [0.05, 0.1) is 0 Å². The number of hydrogen-bond acceptors (Lipinski definition) is 3. The van der Waals surface area contributed by atoms with E-state index in [1.54, 1.807) is 19.0 Å². The Morgan fingerprint density at radius 1 is 1.04 bits per heavy atom. The van der Waals surface area contributed by atoms with Crippen molar-refractivity contribution in [1.82, 2.24) is 20.4 Å². The van der Waals surface area contributed by atoms with E-state index in [1.807, 2.05) is 0 Å². The summed E-state index contributed by atoms with van der Waals surface area (Å²) in [7, 11) is 5.87. The lowest BCUT2D eigenvalue weighted by molar-refractivity contribution is -0.127. The molecular formula is C21H39N5O. The molecule has 3 fully saturated rings. The molecule has 0 spiro atoms. The summed E-state index contributed by atoms with van der Waals surface area (Å²) in [6.45, 7) is 1.19. The number of aliphatic imine (C=N–C) groups is 1. The van der Waals surface area contributed by atoms with Gasteiger partial charge < -0.3 is 20.4 Å². The zero-order valence-corrected chi connectivity index (χ0v) is 17.5. The van der Waals surface area contributed by atoms with Gasteiger partial charge in [0.1, 0.15) is 6.54 Å². The molecule has 2 saturated heterocycles. The first kappa shape index (κ1) is 20.4. The molecule has 3 rings (SSSR count). The van der Waals surface area contributed by atoms with Crippen LogP contribution in [0.15, 0.2) is 4.99 Å². The Hall–Kier alpha value is -1.30. The van der Waals surface area contributed by atoms with Gasteiger partial charge in [-0.2, -0.15) is 0 Å². The Kier molecular flexibility index (Phi) is 7.39. The maximum atomic E-state index is 12.0. The highest BCUT2D eigenvalue weighted by Crippen LogP contribution is 2.32. The van der Waals surface area contributed by atoms with Gasteiger partial charge in [-0.05, 0) is 51.5 Å². The molecule has 2 atom stereocenters. The number of hydrogen-bond donors (Lipinski definition) is 2. The number of carbonyl (C=O) groups excluding carboxylic acids is 1. The normalized spacial score (nSPS) is 30.0. The third kappa shape index (κ3) is 5.84. The fraction of sp³-hybridized carbons (Fsp3) is 0.905. The number of amides is 1. The summed E-state index contributed by atoms with van der Waals surface area (Å²) in [6, 6.07) is 1.85. The molecule has 2 aliphatic heterocycles. The molecule has 1 amide bonds. The van der Waals surface area contributed by atoms with E-state index >= 15 is 0 Å². The Morgan fingerprint density at radius 2 is 1.70 bits per heavy atom. The minimum Gasteiger partial charge on any atom is -0.356 e. The van der Waals surface area contributed by atoms with Crippen molar-refractivity contribution in [3.8, 4) is 0 Å². The average Bonchev–Trinajstić information content (AvgIpc) is 2.65. The smallest absolute Gasteiger partial charge is 0.243 e. The second kappa shape index (κ2) is 9.76. The standard InChI is InChI=1S/C21H39N5O/c1-25(2)20(27)15-23-21(22-14-16-8-5-4-6-9-16)24-17-12-18-10-7-11-19(13-17)26(18)3/h16-19H,4-15H2,1-3H3,(H2,22,23,24). The number of nitrogens with zero attached hydrogens (tertiary/aromatic N) is 3. The van der Waals surface area contributed by atoms with Crippen molar-refractivity contribution < 1.29 is 4.79 Å². The molecule has 1 saturated carbocycles. The molecule has 2 N–H and O–H groups in total. The van der Waals surface area contributed by atoms with Crippen LogP contribution in [-0.4, -0.2) is 74.0 Å². The summed E-state index contributed by atoms with van der Waals surface area (Å²) in [5, 5.41) is 7.24. The molecular weight excluding hydrogens is 338 g/mol. The first-order valence-electron chi connectivity index (χ1n) is 11.0. The van der Waals surface area contributed by atoms with E-state index in [9.17, 15) is 4.79 Å². The Labute approximate surface area is 165 Å². The minimum absolute atomic E-state index is 0.0500. The maximum Gasteiger partial charge on any atom is 0.243 e. The van der Waals surface area contributed by atoms with Crippen molar-refractivity contribution in [3.05, 3.63) is 0 Å². The van der Waals surface area contributed by atoms with Gasteiger partial charge in [-0.25, -0.2) is 4.99 Å². The molecule has 0 aromatic rings. The van der Waals surface area contributed by atoms with E-state index in [0.29, 0.717) is 18.1 Å². The summed E-state index contributed by atoms with van der Waals surface area (Å²) < 4.78 is 0. The van der Waals surface area contributed by atoms with Gasteiger partial charge in [-0.15, -0.1) is 0 Å². The zero-order valence-electron chi connectivity index (χ0n) is 17.5. The van der Waals surface area contributed by atoms with E-state index in [1.165, 1.54) is 64.2 Å². The fourth-order valence-corrected chi connectivity index (χ4v) is 5.00. The molecule has 6 heteroatoms. The second-order valence-corrected chi connectivity index (χ2v) is 9.05. The Balaban J connectivity index is 1.58. The van der Waals surface area contributed by atoms with Gasteiger partial charge in [0.2, 0.25) is 5.91 Å². The van der Waals surface area contributed by atoms with Crippen LogP contribution in [0.1, 0.15) is 64.2 Å². The highest BCUT2D eigenvalue weighted by atomic mass is 16.2. The summed E-state index contributed by atoms with van der Waals surface area (Å²) in [4.78, 5) is 20.8. The van der Waals surface area contributed by atoms with Gasteiger partial charge in [0.25, 0.3) is 0 Å². The van der Waals surface area contributed by atoms with Crippen molar-refractivity contribution >= 4 is 11.9 Å². The van der Waals surface area contributed by atoms with E-state index in [0.717, 1.165) is 18.4 Å². The minimum atomic E-state index is 0.0500. The van der Waals surface area contributed by atoms with Crippen LogP contribution in [0.5, 0.6) is 0 Å². The van der Waals surface area contributed by atoms with Gasteiger partial charge in [-0.3, -0.25) is 4.79 Å². The van der Waals surface area contributed by atoms with Crippen LogP contribution < -0.4 is 10.6 Å². The predicted molar refractivity (Wildman–Crippen MR) is 111 cm³/mol. The van der Waals surface area contributed by atoms with Gasteiger partial charge in [0, 0.05) is 38.8 Å². The quantitative estimate of drug-likeness (QED) is 0.570. The van der Waals surface area contributed by atoms with Crippen molar-refractivity contribution in [2.45, 2.75) is 82.3 Å². The van der Waals surface area contributed by atoms with E-state index < -0.39 is 0 Å². The van der Waals surface area contributed by atoms with Gasteiger partial charge in [0.15, 0.2) is 5.96 Å². The topological polar surface area (TPSA) is 60.0 Å². The molecule has 3 aliphatic rings. The lowest BCUT2D eigenvalue weighted by Gasteiger charge is -2.47. The van der Waals surface area contributed by atoms with Crippen LogP contribution in [0.3, 0.4) is 0 Å². The van der Waals surface area contributed by atoms with Crippen molar-refractivity contribution in [2.75, 3.05) is 34.2 Å². The number of fused-ring (bicyclic) bond motifs is 2. The van der Waals surface area contributed by atoms with Crippen molar-refractivity contribution in [3.63, 3.8) is 0 Å². The lowest BCUT2D eigenvalue weighted by Crippen LogP contribution is -2.57. The van der Waals surface area contributed by atoms with Crippen LogP contribution in [0, 0.1) is 5.92 Å². The summed E-state index contributed by atoms with van der Waals surface area (Å²) >= 11 is 0. The van der Waals surface area contributed by atoms with Crippen LogP contribution in [0.25, 0.3) is 0 Å². The Morgan fingerprint density at radius 3 is 2.33 bits per heavy atom. The molecule has 2 unspecified atom stereocenters. The Bertz CT molecular complexity index is 501.